The van der Waals surface area contributed by atoms with E-state index in [2.05, 4.69) is 17.2 Å². The van der Waals surface area contributed by atoms with Crippen LogP contribution in [0.15, 0.2) is 36.4 Å². The Hall–Kier alpha value is -2.14. The molecule has 0 saturated carbocycles. The van der Waals surface area contributed by atoms with Crippen molar-refractivity contribution in [3.63, 3.8) is 0 Å². The maximum Gasteiger partial charge on any atom is 0.222 e. The number of nitrogens with zero attached hydrogens (tertiary/aromatic N) is 3. The van der Waals surface area contributed by atoms with Crippen LogP contribution in [0, 0.1) is 0 Å². The number of carbonyl (C=O) groups is 1. The van der Waals surface area contributed by atoms with E-state index in [-0.39, 0.29) is 5.91 Å². The quantitative estimate of drug-likeness (QED) is 0.921. The number of benzene rings is 1. The Morgan fingerprint density at radius 1 is 1.30 bits per heavy atom. The molecule has 3 rings (SSSR count). The van der Waals surface area contributed by atoms with Crippen molar-refractivity contribution >= 4 is 5.91 Å². The predicted octanol–water partition coefficient (Wildman–Crippen LogP) is 2.30. The first-order valence-corrected chi connectivity index (χ1v) is 8.20. The minimum atomic E-state index is -0.567. The number of aryl methyl sites for hydroxylation is 1. The molecule has 0 spiro atoms. The molecule has 1 amide bonds. The van der Waals surface area contributed by atoms with Crippen molar-refractivity contribution in [1.29, 1.82) is 0 Å². The molecule has 2 heterocycles. The van der Waals surface area contributed by atoms with Crippen molar-refractivity contribution in [3.8, 4) is 0 Å². The van der Waals surface area contributed by atoms with Crippen molar-refractivity contribution in [2.75, 3.05) is 6.54 Å². The summed E-state index contributed by atoms with van der Waals surface area (Å²) in [4.78, 5) is 14.3. The lowest BCUT2D eigenvalue weighted by atomic mass is 10.1. The number of rotatable bonds is 5. The minimum Gasteiger partial charge on any atom is -0.387 e. The lowest BCUT2D eigenvalue weighted by Crippen LogP contribution is -2.38. The van der Waals surface area contributed by atoms with Gasteiger partial charge in [0.15, 0.2) is 0 Å². The van der Waals surface area contributed by atoms with Gasteiger partial charge in [-0.15, -0.1) is 0 Å². The van der Waals surface area contributed by atoms with Crippen molar-refractivity contribution < 1.29 is 9.90 Å². The first kappa shape index (κ1) is 15.7. The van der Waals surface area contributed by atoms with Gasteiger partial charge in [-0.1, -0.05) is 30.3 Å². The minimum absolute atomic E-state index is 0.201. The summed E-state index contributed by atoms with van der Waals surface area (Å²) in [5.41, 5.74) is 2.96. The van der Waals surface area contributed by atoms with Gasteiger partial charge in [0, 0.05) is 13.0 Å². The van der Waals surface area contributed by atoms with Crippen LogP contribution in [0.4, 0.5) is 0 Å². The van der Waals surface area contributed by atoms with Gasteiger partial charge in [0.05, 0.1) is 30.6 Å². The smallest absolute Gasteiger partial charge is 0.222 e. The molecule has 0 bridgehead atoms. The summed E-state index contributed by atoms with van der Waals surface area (Å²) in [7, 11) is 0. The van der Waals surface area contributed by atoms with Crippen LogP contribution in [-0.2, 0) is 24.3 Å². The third-order valence-corrected chi connectivity index (χ3v) is 4.30. The fourth-order valence-corrected chi connectivity index (χ4v) is 2.95. The third kappa shape index (κ3) is 3.79. The van der Waals surface area contributed by atoms with Crippen LogP contribution in [-0.4, -0.2) is 32.2 Å². The first-order valence-electron chi connectivity index (χ1n) is 8.20. The second-order valence-electron chi connectivity index (χ2n) is 6.11. The lowest BCUT2D eigenvalue weighted by Gasteiger charge is -2.27. The van der Waals surface area contributed by atoms with E-state index in [0.717, 1.165) is 18.5 Å². The maximum absolute atomic E-state index is 12.4. The van der Waals surface area contributed by atoms with Crippen LogP contribution in [0.1, 0.15) is 42.8 Å². The Morgan fingerprint density at radius 2 is 2.09 bits per heavy atom. The van der Waals surface area contributed by atoms with Gasteiger partial charge in [0.1, 0.15) is 0 Å². The highest BCUT2D eigenvalue weighted by molar-refractivity contribution is 5.76. The molecule has 1 N–H and O–H groups in total. The normalized spacial score (nSPS) is 15.3. The zero-order valence-electron chi connectivity index (χ0n) is 13.5. The summed E-state index contributed by atoms with van der Waals surface area (Å²) < 4.78 is 1.90. The number of amides is 1. The number of aliphatic hydroxyl groups excluding tert-OH is 1. The average Bonchev–Trinajstić information content (AvgIpc) is 2.99. The Bertz CT molecular complexity index is 664. The number of aliphatic hydroxyl groups is 1. The van der Waals surface area contributed by atoms with Gasteiger partial charge in [-0.25, -0.2) is 0 Å². The van der Waals surface area contributed by atoms with Gasteiger partial charge in [0.2, 0.25) is 5.91 Å². The van der Waals surface area contributed by atoms with E-state index in [4.69, 9.17) is 0 Å². The zero-order valence-corrected chi connectivity index (χ0v) is 13.5. The van der Waals surface area contributed by atoms with Crippen LogP contribution < -0.4 is 0 Å². The Kier molecular flexibility index (Phi) is 4.76. The highest BCUT2D eigenvalue weighted by Gasteiger charge is 2.22. The van der Waals surface area contributed by atoms with Crippen LogP contribution in [0.25, 0.3) is 0 Å². The van der Waals surface area contributed by atoms with Gasteiger partial charge < -0.3 is 10.0 Å². The number of hydrogen-bond donors (Lipinski definition) is 1. The summed E-state index contributed by atoms with van der Waals surface area (Å²) in [6, 6.07) is 12.2. The topological polar surface area (TPSA) is 58.4 Å². The van der Waals surface area contributed by atoms with Gasteiger partial charge >= 0.3 is 0 Å². The molecule has 0 saturated heterocycles. The second-order valence-corrected chi connectivity index (χ2v) is 6.11. The SMILES string of the molecule is C[C@H](O)c1cc2n(n1)CCN(C(=O)CCCc1ccccc1)C2. The lowest BCUT2D eigenvalue weighted by molar-refractivity contribution is -0.132. The third-order valence-electron chi connectivity index (χ3n) is 4.30. The largest absolute Gasteiger partial charge is 0.387 e. The Morgan fingerprint density at radius 3 is 2.83 bits per heavy atom. The molecular formula is C18H23N3O2. The number of fused-ring (bicyclic) bond motifs is 1. The van der Waals surface area contributed by atoms with E-state index in [9.17, 15) is 9.90 Å². The number of hydrogen-bond acceptors (Lipinski definition) is 3. The Balaban J connectivity index is 1.52. The molecule has 122 valence electrons. The van der Waals surface area contributed by atoms with E-state index in [1.807, 2.05) is 33.8 Å². The Labute approximate surface area is 136 Å². The van der Waals surface area contributed by atoms with Crippen molar-refractivity contribution in [2.24, 2.45) is 0 Å². The van der Waals surface area contributed by atoms with Crippen molar-refractivity contribution in [2.45, 2.75) is 45.4 Å². The molecule has 1 aliphatic rings. The molecule has 0 fully saturated rings. The highest BCUT2D eigenvalue weighted by atomic mass is 16.3. The molecule has 0 aliphatic carbocycles. The van der Waals surface area contributed by atoms with Crippen molar-refractivity contribution in [1.82, 2.24) is 14.7 Å². The maximum atomic E-state index is 12.4. The van der Waals surface area contributed by atoms with Gasteiger partial charge in [-0.2, -0.15) is 5.10 Å². The number of carbonyl (C=O) groups excluding carboxylic acids is 1. The van der Waals surface area contributed by atoms with E-state index in [1.165, 1.54) is 5.56 Å². The molecule has 23 heavy (non-hydrogen) atoms. The molecule has 5 heteroatoms. The molecule has 1 atom stereocenters. The monoisotopic (exact) mass is 313 g/mol. The van der Waals surface area contributed by atoms with Gasteiger partial charge in [-0.3, -0.25) is 9.48 Å². The summed E-state index contributed by atoms with van der Waals surface area (Å²) in [5, 5.41) is 14.0. The average molecular weight is 313 g/mol. The van der Waals surface area contributed by atoms with E-state index in [0.29, 0.717) is 31.7 Å². The molecule has 1 aromatic heterocycles. The van der Waals surface area contributed by atoms with Crippen molar-refractivity contribution in [3.05, 3.63) is 53.3 Å². The molecular weight excluding hydrogens is 290 g/mol. The fourth-order valence-electron chi connectivity index (χ4n) is 2.95. The van der Waals surface area contributed by atoms with Crippen LogP contribution in [0.3, 0.4) is 0 Å². The molecule has 0 radical (unpaired) electrons. The standard InChI is InChI=1S/C18H23N3O2/c1-14(22)17-12-16-13-20(10-11-21(16)19-17)18(23)9-5-8-15-6-3-2-4-7-15/h2-4,6-7,12,14,22H,5,8-11,13H2,1H3/t14-/m0/s1. The van der Waals surface area contributed by atoms with Crippen LogP contribution in [0.5, 0.6) is 0 Å². The van der Waals surface area contributed by atoms with Gasteiger partial charge in [0.25, 0.3) is 0 Å². The summed E-state index contributed by atoms with van der Waals surface area (Å²) in [6.07, 6.45) is 1.82. The highest BCUT2D eigenvalue weighted by Crippen LogP contribution is 2.18. The summed E-state index contributed by atoms with van der Waals surface area (Å²) in [5.74, 6) is 0.201. The van der Waals surface area contributed by atoms with Crippen LogP contribution >= 0.6 is 0 Å². The summed E-state index contributed by atoms with van der Waals surface area (Å²) >= 11 is 0. The van der Waals surface area contributed by atoms with Crippen LogP contribution in [0.2, 0.25) is 0 Å². The fraction of sp³-hybridized carbons (Fsp3) is 0.444. The molecule has 1 aromatic carbocycles. The zero-order chi connectivity index (χ0) is 16.2. The van der Waals surface area contributed by atoms with E-state index >= 15 is 0 Å². The second kappa shape index (κ2) is 6.96. The summed E-state index contributed by atoms with van der Waals surface area (Å²) in [6.45, 7) is 3.69. The molecule has 2 aromatic rings. The predicted molar refractivity (Wildman–Crippen MR) is 87.7 cm³/mol. The molecule has 0 unspecified atom stereocenters. The van der Waals surface area contributed by atoms with E-state index in [1.54, 1.807) is 6.92 Å². The molecule has 5 nitrogen and oxygen atoms in total. The van der Waals surface area contributed by atoms with Gasteiger partial charge in [-0.05, 0) is 31.4 Å². The van der Waals surface area contributed by atoms with E-state index < -0.39 is 6.10 Å². The molecule has 1 aliphatic heterocycles. The number of aromatic nitrogens is 2. The first-order chi connectivity index (χ1) is 11.1.